The van der Waals surface area contributed by atoms with Crippen molar-refractivity contribution in [2.24, 2.45) is 10.2 Å². The van der Waals surface area contributed by atoms with Gasteiger partial charge in [0.15, 0.2) is 5.69 Å². The summed E-state index contributed by atoms with van der Waals surface area (Å²) in [6.45, 7) is 2.47. The molecule has 25 heavy (non-hydrogen) atoms. The third kappa shape index (κ3) is 4.00. The van der Waals surface area contributed by atoms with E-state index in [-0.39, 0.29) is 16.8 Å². The van der Waals surface area contributed by atoms with Crippen molar-refractivity contribution in [3.05, 3.63) is 59.4 Å². The van der Waals surface area contributed by atoms with E-state index in [0.29, 0.717) is 12.2 Å². The van der Waals surface area contributed by atoms with Crippen LogP contribution in [0.1, 0.15) is 18.1 Å². The third-order valence-electron chi connectivity index (χ3n) is 3.82. The number of aromatic hydroxyl groups is 1. The fourth-order valence-electron chi connectivity index (χ4n) is 2.44. The highest BCUT2D eigenvalue weighted by atomic mass is 32.1. The first-order valence-electron chi connectivity index (χ1n) is 7.84. The number of nitrogens with one attached hydrogen (secondary N) is 2. The smallest absolute Gasteiger partial charge is 0.218 e. The molecule has 0 amide bonds. The summed E-state index contributed by atoms with van der Waals surface area (Å²) in [4.78, 5) is 2.87. The number of aromatic nitrogens is 1. The van der Waals surface area contributed by atoms with Crippen molar-refractivity contribution in [3.63, 3.8) is 0 Å². The van der Waals surface area contributed by atoms with Crippen LogP contribution >= 0.6 is 12.2 Å². The van der Waals surface area contributed by atoms with Gasteiger partial charge in [-0.25, -0.2) is 4.39 Å². The van der Waals surface area contributed by atoms with Crippen molar-refractivity contribution >= 4 is 33.9 Å². The minimum atomic E-state index is -0.285. The second-order valence-electron chi connectivity index (χ2n) is 5.54. The fourth-order valence-corrected chi connectivity index (χ4v) is 2.56. The summed E-state index contributed by atoms with van der Waals surface area (Å²) >= 11 is 5.13. The number of hydrogen-bond donors (Lipinski definition) is 3. The summed E-state index contributed by atoms with van der Waals surface area (Å²) in [6, 6.07) is 12.0. The zero-order valence-electron chi connectivity index (χ0n) is 13.6. The van der Waals surface area contributed by atoms with Crippen molar-refractivity contribution in [2.75, 3.05) is 0 Å². The number of hydrogen-bond acceptors (Lipinski definition) is 3. The Morgan fingerprint density at radius 1 is 1.20 bits per heavy atom. The van der Waals surface area contributed by atoms with Crippen LogP contribution in [0.4, 0.5) is 10.1 Å². The molecule has 0 aliphatic rings. The van der Waals surface area contributed by atoms with Gasteiger partial charge in [-0.05, 0) is 54.0 Å². The van der Waals surface area contributed by atoms with E-state index in [1.54, 1.807) is 12.1 Å². The van der Waals surface area contributed by atoms with E-state index >= 15 is 0 Å². The van der Waals surface area contributed by atoms with Gasteiger partial charge in [0.25, 0.3) is 0 Å². The highest BCUT2D eigenvalue weighted by Crippen LogP contribution is 2.36. The molecule has 0 unspecified atom stereocenters. The molecule has 3 N–H and O–H groups in total. The molecule has 1 aromatic heterocycles. The molecule has 0 saturated carbocycles. The van der Waals surface area contributed by atoms with Crippen LogP contribution in [-0.2, 0) is 13.0 Å². The zero-order chi connectivity index (χ0) is 17.8. The summed E-state index contributed by atoms with van der Waals surface area (Å²) in [5.41, 5.74) is 3.16. The van der Waals surface area contributed by atoms with Crippen molar-refractivity contribution < 1.29 is 9.50 Å². The molecule has 128 valence electrons. The first-order chi connectivity index (χ1) is 12.1. The maximum atomic E-state index is 12.9. The lowest BCUT2D eigenvalue weighted by Gasteiger charge is -2.03. The maximum Gasteiger partial charge on any atom is 0.218 e. The number of H-pyrrole nitrogens is 1. The quantitative estimate of drug-likeness (QED) is 0.467. The summed E-state index contributed by atoms with van der Waals surface area (Å²) in [6.07, 6.45) is 0.885. The van der Waals surface area contributed by atoms with E-state index in [1.165, 1.54) is 12.1 Å². The largest absolute Gasteiger partial charge is 0.493 e. The molecule has 2 aromatic carbocycles. The van der Waals surface area contributed by atoms with Gasteiger partial charge >= 0.3 is 0 Å². The van der Waals surface area contributed by atoms with Crippen LogP contribution in [0, 0.1) is 5.82 Å². The third-order valence-corrected chi connectivity index (χ3v) is 4.05. The first-order valence-corrected chi connectivity index (χ1v) is 8.25. The highest BCUT2D eigenvalue weighted by Gasteiger charge is 2.11. The summed E-state index contributed by atoms with van der Waals surface area (Å²) in [5.74, 6) is -0.333. The molecule has 0 fully saturated rings. The number of thiocarbonyl (C=S) groups is 1. The predicted octanol–water partition coefficient (Wildman–Crippen LogP) is 4.73. The summed E-state index contributed by atoms with van der Waals surface area (Å²) in [5, 5.41) is 22.0. The van der Waals surface area contributed by atoms with Gasteiger partial charge in [-0.3, -0.25) is 0 Å². The Morgan fingerprint density at radius 2 is 1.92 bits per heavy atom. The number of nitrogens with zero attached hydrogens (tertiary/aromatic N) is 2. The van der Waals surface area contributed by atoms with Gasteiger partial charge in [-0.1, -0.05) is 25.1 Å². The van der Waals surface area contributed by atoms with Crippen LogP contribution in [0.2, 0.25) is 0 Å². The number of halogens is 1. The first kappa shape index (κ1) is 17.0. The van der Waals surface area contributed by atoms with Gasteiger partial charge in [-0.15, -0.1) is 10.2 Å². The van der Waals surface area contributed by atoms with Crippen LogP contribution in [0.15, 0.2) is 52.7 Å². The average molecular weight is 356 g/mol. The van der Waals surface area contributed by atoms with Crippen LogP contribution in [0.5, 0.6) is 5.88 Å². The highest BCUT2D eigenvalue weighted by molar-refractivity contribution is 7.80. The van der Waals surface area contributed by atoms with Gasteiger partial charge in [-0.2, -0.15) is 0 Å². The molecule has 0 radical (unpaired) electrons. The Hall–Kier alpha value is -2.80. The van der Waals surface area contributed by atoms with Gasteiger partial charge < -0.3 is 15.4 Å². The lowest BCUT2D eigenvalue weighted by atomic mass is 10.1. The summed E-state index contributed by atoms with van der Waals surface area (Å²) < 4.78 is 12.9. The zero-order valence-corrected chi connectivity index (χ0v) is 14.4. The van der Waals surface area contributed by atoms with Crippen molar-refractivity contribution in [1.29, 1.82) is 0 Å². The number of rotatable bonds is 4. The number of azo groups is 1. The molecule has 1 heterocycles. The monoisotopic (exact) mass is 356 g/mol. The lowest BCUT2D eigenvalue weighted by Crippen LogP contribution is -2.18. The molecule has 3 rings (SSSR count). The van der Waals surface area contributed by atoms with E-state index in [2.05, 4.69) is 27.5 Å². The standard InChI is InChI=1S/C18H17FN4OS/c1-2-11-5-8-15-14(9-11)16(17(24)21-15)22-23-18(25)20-10-12-3-6-13(19)7-4-12/h3-9,21,24H,2,10H2,1H3,(H,20,25). The van der Waals surface area contributed by atoms with E-state index in [4.69, 9.17) is 12.2 Å². The fraction of sp³-hybridized carbons (Fsp3) is 0.167. The molecule has 0 aliphatic carbocycles. The minimum Gasteiger partial charge on any atom is -0.493 e. The van der Waals surface area contributed by atoms with Crippen molar-refractivity contribution in [2.45, 2.75) is 19.9 Å². The number of aromatic amines is 1. The Balaban J connectivity index is 1.72. The Morgan fingerprint density at radius 3 is 2.64 bits per heavy atom. The SMILES string of the molecule is CCc1ccc2[nH]c(O)c(N=NC(=S)NCc3ccc(F)cc3)c2c1. The molecule has 0 aliphatic heterocycles. The van der Waals surface area contributed by atoms with Crippen molar-refractivity contribution in [1.82, 2.24) is 10.3 Å². The predicted molar refractivity (Wildman–Crippen MR) is 99.7 cm³/mol. The molecule has 5 nitrogen and oxygen atoms in total. The number of benzene rings is 2. The van der Waals surface area contributed by atoms with Gasteiger partial charge in [0.2, 0.25) is 11.0 Å². The van der Waals surface area contributed by atoms with Crippen LogP contribution in [-0.4, -0.2) is 15.2 Å². The van der Waals surface area contributed by atoms with Gasteiger partial charge in [0, 0.05) is 11.9 Å². The van der Waals surface area contributed by atoms with Gasteiger partial charge in [0.05, 0.1) is 5.52 Å². The van der Waals surface area contributed by atoms with Crippen LogP contribution in [0.3, 0.4) is 0 Å². The molecule has 7 heteroatoms. The molecule has 3 aromatic rings. The number of aryl methyl sites for hydroxylation is 1. The molecule has 0 bridgehead atoms. The summed E-state index contributed by atoms with van der Waals surface area (Å²) in [7, 11) is 0. The second kappa shape index (κ2) is 7.40. The van der Waals surface area contributed by atoms with E-state index in [9.17, 15) is 9.50 Å². The van der Waals surface area contributed by atoms with E-state index < -0.39 is 0 Å². The number of fused-ring (bicyclic) bond motifs is 1. The van der Waals surface area contributed by atoms with Crippen LogP contribution < -0.4 is 5.32 Å². The molecule has 0 spiro atoms. The Kier molecular flexibility index (Phi) is 5.04. The molecule has 0 atom stereocenters. The van der Waals surface area contributed by atoms with E-state index in [0.717, 1.165) is 28.5 Å². The Labute approximate surface area is 149 Å². The normalized spacial score (nSPS) is 11.3. The minimum absolute atomic E-state index is 0.0478. The molecule has 0 saturated heterocycles. The topological polar surface area (TPSA) is 72.8 Å². The second-order valence-corrected chi connectivity index (χ2v) is 5.93. The van der Waals surface area contributed by atoms with Gasteiger partial charge in [0.1, 0.15) is 5.82 Å². The lowest BCUT2D eigenvalue weighted by molar-refractivity contribution is 0.459. The van der Waals surface area contributed by atoms with Crippen LogP contribution in [0.25, 0.3) is 10.9 Å². The molecular formula is C18H17FN4OS. The Bertz CT molecular complexity index is 934. The molecular weight excluding hydrogens is 339 g/mol. The maximum absolute atomic E-state index is 12.9. The van der Waals surface area contributed by atoms with Crippen molar-refractivity contribution in [3.8, 4) is 5.88 Å². The van der Waals surface area contributed by atoms with E-state index in [1.807, 2.05) is 18.2 Å². The average Bonchev–Trinajstić information content (AvgIpc) is 2.93.